The highest BCUT2D eigenvalue weighted by molar-refractivity contribution is 7.15. The zero-order valence-electron chi connectivity index (χ0n) is 13.2. The number of carbonyl (C=O) groups is 2. The highest BCUT2D eigenvalue weighted by Crippen LogP contribution is 2.32. The minimum atomic E-state index is -0.414. The van der Waals surface area contributed by atoms with Gasteiger partial charge in [-0.25, -0.2) is 4.98 Å². The lowest BCUT2D eigenvalue weighted by Gasteiger charge is -2.17. The van der Waals surface area contributed by atoms with Crippen molar-refractivity contribution in [3.63, 3.8) is 0 Å². The van der Waals surface area contributed by atoms with E-state index in [2.05, 4.69) is 10.3 Å². The molecule has 1 atom stereocenters. The van der Waals surface area contributed by atoms with Crippen molar-refractivity contribution >= 4 is 45.6 Å². The first kappa shape index (κ1) is 16.7. The third-order valence-corrected chi connectivity index (χ3v) is 4.92. The quantitative estimate of drug-likeness (QED) is 0.903. The fourth-order valence-electron chi connectivity index (χ4n) is 2.58. The Hall–Kier alpha value is -2.12. The molecular formula is C16H16ClN3O3S. The van der Waals surface area contributed by atoms with E-state index in [-0.39, 0.29) is 18.2 Å². The first-order valence-electron chi connectivity index (χ1n) is 7.35. The van der Waals surface area contributed by atoms with Crippen molar-refractivity contribution in [2.24, 2.45) is 5.92 Å². The summed E-state index contributed by atoms with van der Waals surface area (Å²) in [5, 5.41) is 3.75. The number of halogens is 1. The summed E-state index contributed by atoms with van der Waals surface area (Å²) in [6.45, 7) is 2.24. The Balaban J connectivity index is 1.71. The number of ether oxygens (including phenoxy) is 1. The molecular weight excluding hydrogens is 350 g/mol. The molecule has 1 aromatic heterocycles. The van der Waals surface area contributed by atoms with Gasteiger partial charge in [0.1, 0.15) is 5.75 Å². The number of methoxy groups -OCH3 is 1. The molecule has 0 unspecified atom stereocenters. The van der Waals surface area contributed by atoms with Crippen molar-refractivity contribution in [3.05, 3.63) is 34.3 Å². The topological polar surface area (TPSA) is 71.5 Å². The van der Waals surface area contributed by atoms with Crippen molar-refractivity contribution in [1.29, 1.82) is 0 Å². The summed E-state index contributed by atoms with van der Waals surface area (Å²) in [7, 11) is 1.53. The Morgan fingerprint density at radius 3 is 2.92 bits per heavy atom. The second-order valence-electron chi connectivity index (χ2n) is 5.49. The molecule has 1 aliphatic heterocycles. The fraction of sp³-hybridized carbons (Fsp3) is 0.312. The number of nitrogens with zero attached hydrogens (tertiary/aromatic N) is 2. The largest absolute Gasteiger partial charge is 0.495 e. The summed E-state index contributed by atoms with van der Waals surface area (Å²) in [6, 6.07) is 5.13. The number of hydrogen-bond acceptors (Lipinski definition) is 5. The molecule has 1 fully saturated rings. The molecule has 6 nitrogen and oxygen atoms in total. The van der Waals surface area contributed by atoms with E-state index in [0.29, 0.717) is 28.1 Å². The Kier molecular flexibility index (Phi) is 4.73. The van der Waals surface area contributed by atoms with Crippen LogP contribution in [-0.2, 0) is 9.59 Å². The predicted molar refractivity (Wildman–Crippen MR) is 93.9 cm³/mol. The Labute approximate surface area is 148 Å². The molecule has 2 heterocycles. The number of anilines is 2. The molecule has 3 rings (SSSR count). The van der Waals surface area contributed by atoms with Crippen LogP contribution in [0.2, 0.25) is 5.02 Å². The summed E-state index contributed by atoms with van der Waals surface area (Å²) in [5.74, 6) is -0.172. The minimum Gasteiger partial charge on any atom is -0.495 e. The van der Waals surface area contributed by atoms with Gasteiger partial charge in [-0.2, -0.15) is 0 Å². The van der Waals surface area contributed by atoms with E-state index in [1.807, 2.05) is 6.92 Å². The smallest absolute Gasteiger partial charge is 0.231 e. The summed E-state index contributed by atoms with van der Waals surface area (Å²) in [5.41, 5.74) is 0.659. The van der Waals surface area contributed by atoms with Crippen LogP contribution in [0, 0.1) is 12.8 Å². The first-order chi connectivity index (χ1) is 11.5. The van der Waals surface area contributed by atoms with Crippen molar-refractivity contribution in [2.75, 3.05) is 23.9 Å². The van der Waals surface area contributed by atoms with Gasteiger partial charge in [0.25, 0.3) is 0 Å². The van der Waals surface area contributed by atoms with E-state index >= 15 is 0 Å². The Morgan fingerprint density at radius 2 is 2.29 bits per heavy atom. The summed E-state index contributed by atoms with van der Waals surface area (Å²) in [4.78, 5) is 31.3. The molecule has 0 bridgehead atoms. The lowest BCUT2D eigenvalue weighted by molar-refractivity contribution is -0.122. The molecule has 2 aromatic rings. The van der Waals surface area contributed by atoms with E-state index in [4.69, 9.17) is 16.3 Å². The molecule has 2 amide bonds. The molecule has 0 spiro atoms. The van der Waals surface area contributed by atoms with Crippen LogP contribution in [0.3, 0.4) is 0 Å². The normalized spacial score (nSPS) is 17.2. The number of rotatable bonds is 4. The molecule has 1 saturated heterocycles. The molecule has 1 aromatic carbocycles. The lowest BCUT2D eigenvalue weighted by Crippen LogP contribution is -2.28. The van der Waals surface area contributed by atoms with Crippen molar-refractivity contribution < 1.29 is 14.3 Å². The SMILES string of the molecule is COc1ccc(N2C[C@@H](C(=O)Nc3ncc(C)s3)CC2=O)cc1Cl. The van der Waals surface area contributed by atoms with Crippen molar-refractivity contribution in [1.82, 2.24) is 4.98 Å². The first-order valence-corrected chi connectivity index (χ1v) is 8.54. The molecule has 0 aliphatic carbocycles. The van der Waals surface area contributed by atoms with E-state index in [1.165, 1.54) is 18.4 Å². The van der Waals surface area contributed by atoms with Gasteiger partial charge in [-0.1, -0.05) is 11.6 Å². The third kappa shape index (κ3) is 3.37. The lowest BCUT2D eigenvalue weighted by atomic mass is 10.1. The number of benzene rings is 1. The van der Waals surface area contributed by atoms with E-state index in [1.54, 1.807) is 29.3 Å². The van der Waals surface area contributed by atoms with Gasteiger partial charge in [-0.3, -0.25) is 9.59 Å². The van der Waals surface area contributed by atoms with Gasteiger partial charge in [-0.15, -0.1) is 11.3 Å². The number of thiazole rings is 1. The van der Waals surface area contributed by atoms with Crippen molar-refractivity contribution in [2.45, 2.75) is 13.3 Å². The molecule has 126 valence electrons. The van der Waals surface area contributed by atoms with Crippen molar-refractivity contribution in [3.8, 4) is 5.75 Å². The zero-order chi connectivity index (χ0) is 17.3. The maximum Gasteiger partial charge on any atom is 0.231 e. The number of carbonyl (C=O) groups excluding carboxylic acids is 2. The van der Waals surface area contributed by atoms with Crippen LogP contribution in [0.4, 0.5) is 10.8 Å². The molecule has 1 N–H and O–H groups in total. The van der Waals surface area contributed by atoms with Crippen LogP contribution in [0.1, 0.15) is 11.3 Å². The summed E-state index contributed by atoms with van der Waals surface area (Å²) in [6.07, 6.45) is 1.87. The number of hydrogen-bond donors (Lipinski definition) is 1. The minimum absolute atomic E-state index is 0.105. The van der Waals surface area contributed by atoms with Gasteiger partial charge in [0.2, 0.25) is 11.8 Å². The Bertz CT molecular complexity index is 793. The van der Waals surface area contributed by atoms with E-state index in [0.717, 1.165) is 4.88 Å². The molecule has 24 heavy (non-hydrogen) atoms. The zero-order valence-corrected chi connectivity index (χ0v) is 14.8. The van der Waals surface area contributed by atoms with Crippen LogP contribution < -0.4 is 15.0 Å². The van der Waals surface area contributed by atoms with E-state index in [9.17, 15) is 9.59 Å². The average Bonchev–Trinajstić information content (AvgIpc) is 3.13. The monoisotopic (exact) mass is 365 g/mol. The number of amides is 2. The maximum absolute atomic E-state index is 12.3. The van der Waals surface area contributed by atoms with Gasteiger partial charge in [0.05, 0.1) is 18.1 Å². The van der Waals surface area contributed by atoms with Gasteiger partial charge < -0.3 is 15.0 Å². The third-order valence-electron chi connectivity index (χ3n) is 3.79. The molecule has 0 radical (unpaired) electrons. The molecule has 1 aliphatic rings. The molecule has 8 heteroatoms. The highest BCUT2D eigenvalue weighted by atomic mass is 35.5. The molecule has 0 saturated carbocycles. The second kappa shape index (κ2) is 6.78. The van der Waals surface area contributed by atoms with Crippen LogP contribution in [-0.4, -0.2) is 30.5 Å². The summed E-state index contributed by atoms with van der Waals surface area (Å²) < 4.78 is 5.11. The second-order valence-corrected chi connectivity index (χ2v) is 7.13. The fourth-order valence-corrected chi connectivity index (χ4v) is 3.50. The van der Waals surface area contributed by atoms with Gasteiger partial charge >= 0.3 is 0 Å². The van der Waals surface area contributed by atoms with E-state index < -0.39 is 5.92 Å². The number of aromatic nitrogens is 1. The van der Waals surface area contributed by atoms with Crippen LogP contribution in [0.25, 0.3) is 0 Å². The number of nitrogens with one attached hydrogen (secondary N) is 1. The average molecular weight is 366 g/mol. The standard InChI is InChI=1S/C16H16ClN3O3S/c1-9-7-18-16(24-9)19-15(22)10-5-14(21)20(8-10)11-3-4-13(23-2)12(17)6-11/h3-4,6-7,10H,5,8H2,1-2H3,(H,18,19,22)/t10-/m0/s1. The Morgan fingerprint density at radius 1 is 1.50 bits per heavy atom. The maximum atomic E-state index is 12.3. The van der Waals surface area contributed by atoms with Crippen LogP contribution in [0.5, 0.6) is 5.75 Å². The number of aryl methyl sites for hydroxylation is 1. The van der Waals surface area contributed by atoms with Crippen LogP contribution >= 0.6 is 22.9 Å². The van der Waals surface area contributed by atoms with Gasteiger partial charge in [0.15, 0.2) is 5.13 Å². The van der Waals surface area contributed by atoms with Gasteiger partial charge in [0, 0.05) is 29.7 Å². The van der Waals surface area contributed by atoms with Crippen LogP contribution in [0.15, 0.2) is 24.4 Å². The predicted octanol–water partition coefficient (Wildman–Crippen LogP) is 3.11. The summed E-state index contributed by atoms with van der Waals surface area (Å²) >= 11 is 7.52. The highest BCUT2D eigenvalue weighted by Gasteiger charge is 2.35. The van der Waals surface area contributed by atoms with Gasteiger partial charge in [-0.05, 0) is 25.1 Å².